The smallest absolute Gasteiger partial charge is 0.255 e. The Morgan fingerprint density at radius 3 is 2.32 bits per heavy atom. The van der Waals surface area contributed by atoms with E-state index < -0.39 is 6.04 Å². The van der Waals surface area contributed by atoms with Gasteiger partial charge in [0.1, 0.15) is 6.04 Å². The van der Waals surface area contributed by atoms with Crippen LogP contribution in [0.25, 0.3) is 0 Å². The van der Waals surface area contributed by atoms with Crippen molar-refractivity contribution in [1.29, 1.82) is 0 Å². The second-order valence-electron chi connectivity index (χ2n) is 5.01. The highest BCUT2D eigenvalue weighted by atomic mass is 32.2. The molecule has 1 heterocycles. The summed E-state index contributed by atoms with van der Waals surface area (Å²) in [5.74, 6) is 0.928. The number of amides is 2. The van der Waals surface area contributed by atoms with Gasteiger partial charge in [0.25, 0.3) is 5.91 Å². The van der Waals surface area contributed by atoms with Crippen LogP contribution in [0.5, 0.6) is 0 Å². The van der Waals surface area contributed by atoms with Crippen molar-refractivity contribution >= 4 is 29.3 Å². The monoisotopic (exact) mass is 312 g/mol. The number of carbonyl (C=O) groups is 2. The number of hydrogen-bond donors (Lipinski definition) is 1. The molecular formula is C17H16N2O2S. The Morgan fingerprint density at radius 1 is 1.00 bits per heavy atom. The second-order valence-corrected chi connectivity index (χ2v) is 6.01. The van der Waals surface area contributed by atoms with Crippen molar-refractivity contribution in [2.45, 2.75) is 6.04 Å². The molecule has 2 amide bonds. The van der Waals surface area contributed by atoms with Gasteiger partial charge in [0.15, 0.2) is 0 Å². The first kappa shape index (κ1) is 14.7. The van der Waals surface area contributed by atoms with Crippen molar-refractivity contribution in [2.75, 3.05) is 16.9 Å². The molecule has 1 atom stereocenters. The minimum atomic E-state index is -0.432. The Labute approximate surface area is 133 Å². The van der Waals surface area contributed by atoms with E-state index in [1.54, 1.807) is 28.8 Å². The molecule has 5 heteroatoms. The third-order valence-corrected chi connectivity index (χ3v) is 4.52. The van der Waals surface area contributed by atoms with Crippen molar-refractivity contribution in [2.24, 2.45) is 0 Å². The number of nitrogens with one attached hydrogen (secondary N) is 1. The molecule has 112 valence electrons. The number of benzene rings is 2. The molecule has 1 N–H and O–H groups in total. The summed E-state index contributed by atoms with van der Waals surface area (Å²) in [5, 5.41) is 2.87. The van der Waals surface area contributed by atoms with Crippen LogP contribution >= 0.6 is 11.8 Å². The molecule has 1 fully saturated rings. The highest BCUT2D eigenvalue weighted by Gasteiger charge is 2.35. The van der Waals surface area contributed by atoms with Gasteiger partial charge in [-0.15, -0.1) is 11.8 Å². The second kappa shape index (κ2) is 6.66. The van der Waals surface area contributed by atoms with Crippen molar-refractivity contribution in [1.82, 2.24) is 4.90 Å². The number of nitrogens with zero attached hydrogens (tertiary/aromatic N) is 1. The molecule has 0 unspecified atom stereocenters. The van der Waals surface area contributed by atoms with Crippen LogP contribution in [0.4, 0.5) is 5.69 Å². The molecule has 2 aromatic rings. The first-order valence-corrected chi connectivity index (χ1v) is 8.21. The summed E-state index contributed by atoms with van der Waals surface area (Å²) in [5.41, 5.74) is 1.36. The lowest BCUT2D eigenvalue weighted by Gasteiger charge is -2.23. The van der Waals surface area contributed by atoms with Gasteiger partial charge in [-0.2, -0.15) is 0 Å². The Bertz CT molecular complexity index is 661. The number of para-hydroxylation sites is 1. The molecule has 22 heavy (non-hydrogen) atoms. The Morgan fingerprint density at radius 2 is 1.64 bits per heavy atom. The predicted molar refractivity (Wildman–Crippen MR) is 88.8 cm³/mol. The molecule has 0 aromatic heterocycles. The summed E-state index contributed by atoms with van der Waals surface area (Å²) in [6.45, 7) is 0. The number of carbonyl (C=O) groups excluding carboxylic acids is 2. The van der Waals surface area contributed by atoms with Crippen LogP contribution < -0.4 is 5.32 Å². The van der Waals surface area contributed by atoms with E-state index in [9.17, 15) is 9.59 Å². The van der Waals surface area contributed by atoms with E-state index in [4.69, 9.17) is 0 Å². The Hall–Kier alpha value is -2.27. The van der Waals surface area contributed by atoms with E-state index in [0.29, 0.717) is 17.2 Å². The van der Waals surface area contributed by atoms with Gasteiger partial charge < -0.3 is 10.2 Å². The molecule has 1 saturated heterocycles. The van der Waals surface area contributed by atoms with Gasteiger partial charge in [-0.1, -0.05) is 36.4 Å². The fraction of sp³-hybridized carbons (Fsp3) is 0.176. The zero-order chi connectivity index (χ0) is 15.4. The highest BCUT2D eigenvalue weighted by Crippen LogP contribution is 2.24. The summed E-state index contributed by atoms with van der Waals surface area (Å²) in [4.78, 5) is 26.6. The fourth-order valence-electron chi connectivity index (χ4n) is 2.35. The Kier molecular flexibility index (Phi) is 4.44. The van der Waals surface area contributed by atoms with Crippen LogP contribution in [0.15, 0.2) is 60.7 Å². The lowest BCUT2D eigenvalue weighted by atomic mass is 10.1. The number of anilines is 1. The molecule has 0 saturated carbocycles. The maximum Gasteiger partial charge on any atom is 0.255 e. The number of thioether (sulfide) groups is 1. The molecule has 3 rings (SSSR count). The van der Waals surface area contributed by atoms with E-state index >= 15 is 0 Å². The average molecular weight is 312 g/mol. The maximum absolute atomic E-state index is 12.5. The Balaban J connectivity index is 1.73. The van der Waals surface area contributed by atoms with E-state index in [0.717, 1.165) is 5.69 Å². The van der Waals surface area contributed by atoms with E-state index in [2.05, 4.69) is 5.32 Å². The number of rotatable bonds is 3. The van der Waals surface area contributed by atoms with E-state index in [-0.39, 0.29) is 11.8 Å². The average Bonchev–Trinajstić information content (AvgIpc) is 3.05. The van der Waals surface area contributed by atoms with Crippen molar-refractivity contribution in [3.05, 3.63) is 66.2 Å². The van der Waals surface area contributed by atoms with Gasteiger partial charge in [-0.05, 0) is 24.3 Å². The minimum absolute atomic E-state index is 0.0983. The fourth-order valence-corrected chi connectivity index (χ4v) is 3.51. The topological polar surface area (TPSA) is 49.4 Å². The normalized spacial score (nSPS) is 17.3. The zero-order valence-electron chi connectivity index (χ0n) is 11.9. The molecule has 0 aliphatic carbocycles. The summed E-state index contributed by atoms with van der Waals surface area (Å²) in [6, 6.07) is 17.9. The molecule has 2 aromatic carbocycles. The largest absolute Gasteiger partial charge is 0.324 e. The zero-order valence-corrected chi connectivity index (χ0v) is 12.8. The third-order valence-electron chi connectivity index (χ3n) is 3.51. The third kappa shape index (κ3) is 3.14. The molecule has 4 nitrogen and oxygen atoms in total. The van der Waals surface area contributed by atoms with Crippen molar-refractivity contribution in [3.63, 3.8) is 0 Å². The lowest BCUT2D eigenvalue weighted by Crippen LogP contribution is -2.44. The molecule has 0 radical (unpaired) electrons. The van der Waals surface area contributed by atoms with Gasteiger partial charge in [0.05, 0.1) is 5.88 Å². The van der Waals surface area contributed by atoms with Gasteiger partial charge in [-0.25, -0.2) is 0 Å². The van der Waals surface area contributed by atoms with Crippen molar-refractivity contribution < 1.29 is 9.59 Å². The van der Waals surface area contributed by atoms with Crippen LogP contribution in [0.2, 0.25) is 0 Å². The summed E-state index contributed by atoms with van der Waals surface area (Å²) in [6.07, 6.45) is 0. The minimum Gasteiger partial charge on any atom is -0.324 e. The molecule has 1 aliphatic heterocycles. The van der Waals surface area contributed by atoms with Gasteiger partial charge >= 0.3 is 0 Å². The van der Waals surface area contributed by atoms with Crippen molar-refractivity contribution in [3.8, 4) is 0 Å². The van der Waals surface area contributed by atoms with E-state index in [1.807, 2.05) is 48.5 Å². The van der Waals surface area contributed by atoms with Crippen LogP contribution in [0.1, 0.15) is 10.4 Å². The summed E-state index contributed by atoms with van der Waals surface area (Å²) >= 11 is 1.60. The highest BCUT2D eigenvalue weighted by molar-refractivity contribution is 7.99. The summed E-state index contributed by atoms with van der Waals surface area (Å²) in [7, 11) is 0. The van der Waals surface area contributed by atoms with Gasteiger partial charge in [-0.3, -0.25) is 9.59 Å². The van der Waals surface area contributed by atoms with Crippen LogP contribution in [-0.2, 0) is 4.79 Å². The first-order chi connectivity index (χ1) is 10.8. The SMILES string of the molecule is O=C(Nc1ccccc1)[C@H]1CSCN1C(=O)c1ccccc1. The van der Waals surface area contributed by atoms with Crippen LogP contribution in [-0.4, -0.2) is 34.4 Å². The predicted octanol–water partition coefficient (Wildman–Crippen LogP) is 2.84. The van der Waals surface area contributed by atoms with Crippen LogP contribution in [0, 0.1) is 0 Å². The van der Waals surface area contributed by atoms with Crippen LogP contribution in [0.3, 0.4) is 0 Å². The van der Waals surface area contributed by atoms with E-state index in [1.165, 1.54) is 0 Å². The lowest BCUT2D eigenvalue weighted by molar-refractivity contribution is -0.119. The standard InChI is InChI=1S/C17H16N2O2S/c20-16(18-14-9-5-2-6-10-14)15-11-22-12-19(15)17(21)13-7-3-1-4-8-13/h1-10,15H,11-12H2,(H,18,20)/t15-/m1/s1. The maximum atomic E-state index is 12.5. The summed E-state index contributed by atoms with van der Waals surface area (Å²) < 4.78 is 0. The van der Waals surface area contributed by atoms with Gasteiger partial charge in [0.2, 0.25) is 5.91 Å². The molecule has 1 aliphatic rings. The van der Waals surface area contributed by atoms with Gasteiger partial charge in [0, 0.05) is 17.0 Å². The molecule has 0 spiro atoms. The molecular weight excluding hydrogens is 296 g/mol. The first-order valence-electron chi connectivity index (χ1n) is 7.05. The number of hydrogen-bond acceptors (Lipinski definition) is 3. The quantitative estimate of drug-likeness (QED) is 0.948. The molecule has 0 bridgehead atoms.